The summed E-state index contributed by atoms with van der Waals surface area (Å²) in [7, 11) is -9.51. The van der Waals surface area contributed by atoms with E-state index in [1.54, 1.807) is 6.07 Å². The van der Waals surface area contributed by atoms with Crippen molar-refractivity contribution in [1.82, 2.24) is 35.6 Å². The average Bonchev–Trinajstić information content (AvgIpc) is 4.40. The van der Waals surface area contributed by atoms with Crippen molar-refractivity contribution in [1.29, 1.82) is 0 Å². The minimum Gasteiger partial charge on any atom is -0.492 e. The fourth-order valence-corrected chi connectivity index (χ4v) is 14.1. The van der Waals surface area contributed by atoms with Gasteiger partial charge >= 0.3 is 13.3 Å². The highest BCUT2D eigenvalue weighted by Crippen LogP contribution is 2.59. The van der Waals surface area contributed by atoms with E-state index in [-0.39, 0.29) is 115 Å². The number of carbonyl (C=O) groups excluding carboxylic acids is 8. The second kappa shape index (κ2) is 22.7. The van der Waals surface area contributed by atoms with E-state index in [1.165, 1.54) is 51.1 Å². The number of hydrogen-bond donors (Lipinski definition) is 6. The molecule has 0 saturated carbocycles. The molecule has 4 saturated heterocycles. The number of fused-ring (bicyclic) bond motifs is 6. The molecule has 6 aliphatic rings. The number of likely N-dealkylation sites (tertiary alicyclic amines) is 1. The Labute approximate surface area is 473 Å². The highest BCUT2D eigenvalue weighted by Gasteiger charge is 2.52. The van der Waals surface area contributed by atoms with Gasteiger partial charge in [0, 0.05) is 83.6 Å². The molecule has 7 heterocycles. The van der Waals surface area contributed by atoms with Crippen molar-refractivity contribution in [3.05, 3.63) is 87.8 Å². The number of nitrogens with one attached hydrogen (secondary N) is 3. The van der Waals surface area contributed by atoms with Crippen LogP contribution < -0.4 is 31.2 Å². The topological polar surface area (TPSA) is 322 Å². The van der Waals surface area contributed by atoms with Gasteiger partial charge < -0.3 is 55.2 Å². The van der Waals surface area contributed by atoms with E-state index in [4.69, 9.17) is 15.2 Å². The minimum absolute atomic E-state index is 0.00152. The molecule has 438 valence electrons. The van der Waals surface area contributed by atoms with Crippen molar-refractivity contribution < 1.29 is 79.4 Å². The fraction of sp³-hybridized carbons (Fsp3) is 0.481. The molecule has 1 aromatic heterocycles. The van der Waals surface area contributed by atoms with Gasteiger partial charge in [-0.3, -0.25) is 48.2 Å². The number of alkyl halides is 2. The molecule has 23 nitrogen and oxygen atoms in total. The van der Waals surface area contributed by atoms with Crippen molar-refractivity contribution in [2.45, 2.75) is 117 Å². The molecule has 0 aliphatic carbocycles. The summed E-state index contributed by atoms with van der Waals surface area (Å²) in [6.45, 7) is 1.75. The smallest absolute Gasteiger partial charge is 0.399 e. The van der Waals surface area contributed by atoms with Crippen LogP contribution >= 0.6 is 18.9 Å². The van der Waals surface area contributed by atoms with Gasteiger partial charge in [-0.1, -0.05) is 18.2 Å². The highest BCUT2D eigenvalue weighted by atomic mass is 32.2. The molecule has 3 aromatic carbocycles. The molecule has 0 unspecified atom stereocenters. The molecule has 10 rings (SSSR count). The first-order chi connectivity index (χ1) is 38.8. The number of thiophene rings is 1. The maximum atomic E-state index is 15.0. The lowest BCUT2D eigenvalue weighted by atomic mass is 9.74. The quantitative estimate of drug-likeness (QED) is 0.0654. The zero-order valence-corrected chi connectivity index (χ0v) is 47.0. The maximum Gasteiger partial charge on any atom is 0.399 e. The van der Waals surface area contributed by atoms with Crippen LogP contribution in [-0.2, 0) is 60.8 Å². The first kappa shape index (κ1) is 58.3. The number of piperidine rings is 2. The Bertz CT molecular complexity index is 3460. The van der Waals surface area contributed by atoms with Crippen LogP contribution in [0.3, 0.4) is 0 Å². The minimum atomic E-state index is -5.92. The second-order valence-corrected chi connectivity index (χ2v) is 26.6. The molecule has 82 heavy (non-hydrogen) atoms. The van der Waals surface area contributed by atoms with Gasteiger partial charge in [0.15, 0.2) is 9.84 Å². The Morgan fingerprint density at radius 3 is 2.48 bits per heavy atom. The fourth-order valence-electron chi connectivity index (χ4n) is 12.0. The number of rotatable bonds is 17. The van der Waals surface area contributed by atoms with Crippen LogP contribution in [0.15, 0.2) is 65.6 Å². The first-order valence-electron chi connectivity index (χ1n) is 26.9. The number of nitrogens with two attached hydrogens (primary N) is 1. The predicted molar refractivity (Wildman–Crippen MR) is 289 cm³/mol. The van der Waals surface area contributed by atoms with E-state index in [9.17, 15) is 65.1 Å². The summed E-state index contributed by atoms with van der Waals surface area (Å²) in [5, 5.41) is 8.02. The second-order valence-electron chi connectivity index (χ2n) is 21.9. The molecule has 1 spiro atoms. The molecule has 4 fully saturated rings. The molecule has 28 heteroatoms. The third-order valence-electron chi connectivity index (χ3n) is 16.6. The Morgan fingerprint density at radius 1 is 0.988 bits per heavy atom. The summed E-state index contributed by atoms with van der Waals surface area (Å²) in [4.78, 5) is 133. The third kappa shape index (κ3) is 11.7. The maximum absolute atomic E-state index is 15.0. The Kier molecular flexibility index (Phi) is 16.1. The average molecular weight is 1200 g/mol. The van der Waals surface area contributed by atoms with E-state index >= 15 is 4.79 Å². The number of ether oxygens (including phenoxy) is 2. The van der Waals surface area contributed by atoms with E-state index in [1.807, 2.05) is 6.07 Å². The number of carbonyl (C=O) groups is 8. The van der Waals surface area contributed by atoms with Gasteiger partial charge in [0.25, 0.3) is 11.8 Å². The van der Waals surface area contributed by atoms with Gasteiger partial charge in [0.2, 0.25) is 35.4 Å². The summed E-state index contributed by atoms with van der Waals surface area (Å²) >= 11 is 0.873. The number of imide groups is 1. The van der Waals surface area contributed by atoms with Crippen LogP contribution in [0.25, 0.3) is 10.1 Å². The lowest BCUT2D eigenvalue weighted by molar-refractivity contribution is -0.145. The van der Waals surface area contributed by atoms with Crippen molar-refractivity contribution in [3.63, 3.8) is 0 Å². The van der Waals surface area contributed by atoms with Crippen LogP contribution in [0.1, 0.15) is 101 Å². The van der Waals surface area contributed by atoms with E-state index in [0.717, 1.165) is 35.3 Å². The molecule has 6 aliphatic heterocycles. The van der Waals surface area contributed by atoms with E-state index in [0.29, 0.717) is 67.1 Å². The number of amides is 8. The summed E-state index contributed by atoms with van der Waals surface area (Å²) in [6.07, 6.45) is 3.49. The Balaban J connectivity index is 0.831. The normalized spacial score (nSPS) is 22.4. The van der Waals surface area contributed by atoms with Gasteiger partial charge in [-0.25, -0.2) is 8.42 Å². The van der Waals surface area contributed by atoms with Crippen LogP contribution in [0.5, 0.6) is 11.5 Å². The largest absolute Gasteiger partial charge is 0.492 e. The summed E-state index contributed by atoms with van der Waals surface area (Å²) in [6, 6.07) is 8.88. The standard InChI is InChI=1S/C54H61F2N8O15PS2/c1-82(76,77)35-4-2-3-34(25-35)78-28-32(6-13-44(57)65)58-49(69)41-10-7-33-15-20-62(27-39(52(72)64(33)41)59-50(70)43-24-30-23-31(5-12-42(30)81-43)54(55,56)80(73,74)75)46(67)16-19-61-21-17-53(18-22-61)29-79-47-37-26-63(40-11-14-45(66)60-48(40)68)51(71)36(37)8-9-38(47)53/h2-5,8-9,12,23-25,32-33,39-41H,6-7,10-11,13-22,26-29H2,1H3,(H2,57,65)(H,58,69)(H,59,70)(H,60,66,68)(H2,73,74,75)/t32-,33+,39-,40-,41-/m0/s1. The van der Waals surface area contributed by atoms with Gasteiger partial charge in [-0.2, -0.15) is 8.78 Å². The van der Waals surface area contributed by atoms with Crippen LogP contribution in [0.2, 0.25) is 0 Å². The van der Waals surface area contributed by atoms with Crippen molar-refractivity contribution in [2.75, 3.05) is 52.2 Å². The summed E-state index contributed by atoms with van der Waals surface area (Å²) in [5.41, 5.74) is 1.78. The van der Waals surface area contributed by atoms with Crippen LogP contribution in [0, 0.1) is 0 Å². The van der Waals surface area contributed by atoms with Crippen LogP contribution in [0.4, 0.5) is 8.78 Å². The molecule has 5 atom stereocenters. The Hall–Kier alpha value is -6.90. The van der Waals surface area contributed by atoms with E-state index < -0.39 is 88.4 Å². The van der Waals surface area contributed by atoms with Crippen molar-refractivity contribution >= 4 is 86.1 Å². The lowest BCUT2D eigenvalue weighted by Crippen LogP contribution is -2.61. The van der Waals surface area contributed by atoms with Gasteiger partial charge in [0.05, 0.1) is 29.0 Å². The first-order valence-corrected chi connectivity index (χ1v) is 31.2. The zero-order valence-electron chi connectivity index (χ0n) is 44.5. The summed E-state index contributed by atoms with van der Waals surface area (Å²) in [5.74, 6) is -3.41. The number of hydrogen-bond acceptors (Lipinski definition) is 15. The molecule has 0 radical (unpaired) electrons. The lowest BCUT2D eigenvalue weighted by Gasteiger charge is -2.40. The third-order valence-corrected chi connectivity index (χ3v) is 19.8. The highest BCUT2D eigenvalue weighted by molar-refractivity contribution is 7.90. The molecule has 8 amide bonds. The predicted octanol–water partition coefficient (Wildman–Crippen LogP) is 2.63. The number of nitrogens with zero attached hydrogens (tertiary/aromatic N) is 4. The van der Waals surface area contributed by atoms with Gasteiger partial charge in [-0.05, 0) is 106 Å². The number of benzene rings is 3. The summed E-state index contributed by atoms with van der Waals surface area (Å²) < 4.78 is 78.2. The zero-order chi connectivity index (χ0) is 58.6. The molecular weight excluding hydrogens is 1130 g/mol. The van der Waals surface area contributed by atoms with Gasteiger partial charge in [0.1, 0.15) is 36.2 Å². The molecule has 4 aromatic rings. The van der Waals surface area contributed by atoms with Gasteiger partial charge in [-0.15, -0.1) is 11.3 Å². The SMILES string of the molecule is CS(=O)(=O)c1cccc(OC[C@H](CCC(N)=O)NC(=O)[C@@H]2CC[C@@H]3CCN(C(=O)CCN4CCC5(CC4)COc4c5ccc5c4CN([C@H]4CCC(=O)NC4=O)C5=O)C[C@H](NC(=O)c4cc5cc(C(F)(F)P(=O)(O)O)ccc5s4)C(=O)N32)c1. The monoisotopic (exact) mass is 1190 g/mol. The number of sulfone groups is 1. The number of halogens is 2. The van der Waals surface area contributed by atoms with Crippen molar-refractivity contribution in [3.8, 4) is 11.5 Å². The van der Waals surface area contributed by atoms with E-state index in [2.05, 4.69) is 20.9 Å². The number of primary amides is 1. The van der Waals surface area contributed by atoms with Crippen LogP contribution in [-0.4, -0.2) is 167 Å². The molecule has 7 N–H and O–H groups in total. The molecule has 0 bridgehead atoms. The van der Waals surface area contributed by atoms with Crippen molar-refractivity contribution in [2.24, 2.45) is 5.73 Å². The Morgan fingerprint density at radius 2 is 1.76 bits per heavy atom. The molecular formula is C54H61F2N8O15PS2.